The van der Waals surface area contributed by atoms with Crippen LogP contribution in [0.2, 0.25) is 0 Å². The zero-order chi connectivity index (χ0) is 11.1. The van der Waals surface area contributed by atoms with E-state index < -0.39 is 0 Å². The molecule has 1 aliphatic carbocycles. The predicted octanol–water partition coefficient (Wildman–Crippen LogP) is 1.08. The van der Waals surface area contributed by atoms with Gasteiger partial charge >= 0.3 is 0 Å². The van der Waals surface area contributed by atoms with Gasteiger partial charge in [-0.05, 0) is 38.3 Å². The first-order valence-electron chi connectivity index (χ1n) is 6.33. The Bertz CT molecular complexity index is 160. The van der Waals surface area contributed by atoms with Gasteiger partial charge in [0.15, 0.2) is 0 Å². The highest BCUT2D eigenvalue weighted by atomic mass is 16.3. The lowest BCUT2D eigenvalue weighted by Crippen LogP contribution is -2.36. The van der Waals surface area contributed by atoms with Gasteiger partial charge in [0.25, 0.3) is 0 Å². The molecule has 1 atom stereocenters. The lowest BCUT2D eigenvalue weighted by Gasteiger charge is -2.24. The summed E-state index contributed by atoms with van der Waals surface area (Å²) in [5.41, 5.74) is 0. The van der Waals surface area contributed by atoms with Crippen molar-refractivity contribution in [1.29, 1.82) is 0 Å². The van der Waals surface area contributed by atoms with Gasteiger partial charge in [0.2, 0.25) is 0 Å². The second-order valence-electron chi connectivity index (χ2n) is 4.76. The van der Waals surface area contributed by atoms with Gasteiger partial charge < -0.3 is 10.4 Å². The number of hydrogen-bond donors (Lipinski definition) is 2. The lowest BCUT2D eigenvalue weighted by atomic mass is 10.1. The summed E-state index contributed by atoms with van der Waals surface area (Å²) in [7, 11) is 0. The molecule has 1 rings (SSSR count). The van der Waals surface area contributed by atoms with Crippen LogP contribution in [0.3, 0.4) is 0 Å². The molecule has 3 nitrogen and oxygen atoms in total. The van der Waals surface area contributed by atoms with Crippen LogP contribution in [0.1, 0.15) is 33.1 Å². The molecule has 3 heteroatoms. The van der Waals surface area contributed by atoms with Gasteiger partial charge in [0.05, 0.1) is 6.61 Å². The predicted molar refractivity (Wildman–Crippen MR) is 64.0 cm³/mol. The van der Waals surface area contributed by atoms with Crippen LogP contribution in [0, 0.1) is 5.92 Å². The quantitative estimate of drug-likeness (QED) is 0.564. The van der Waals surface area contributed by atoms with E-state index in [0.717, 1.165) is 32.2 Å². The van der Waals surface area contributed by atoms with Crippen LogP contribution in [0.5, 0.6) is 0 Å². The molecule has 0 heterocycles. The molecule has 1 aliphatic rings. The molecule has 2 N–H and O–H groups in total. The van der Waals surface area contributed by atoms with Crippen molar-refractivity contribution in [3.8, 4) is 0 Å². The summed E-state index contributed by atoms with van der Waals surface area (Å²) < 4.78 is 0. The topological polar surface area (TPSA) is 35.5 Å². The van der Waals surface area contributed by atoms with E-state index >= 15 is 0 Å². The Morgan fingerprint density at radius 3 is 2.73 bits per heavy atom. The van der Waals surface area contributed by atoms with Crippen molar-refractivity contribution in [2.75, 3.05) is 32.8 Å². The summed E-state index contributed by atoms with van der Waals surface area (Å²) >= 11 is 0. The molecule has 0 bridgehead atoms. The summed E-state index contributed by atoms with van der Waals surface area (Å²) in [6.45, 7) is 8.97. The summed E-state index contributed by atoms with van der Waals surface area (Å²) in [6, 6.07) is 0.769. The Morgan fingerprint density at radius 1 is 1.47 bits per heavy atom. The molecule has 0 radical (unpaired) electrons. The largest absolute Gasteiger partial charge is 0.395 e. The fourth-order valence-electron chi connectivity index (χ4n) is 1.98. The molecule has 0 saturated heterocycles. The zero-order valence-electron chi connectivity index (χ0n) is 10.2. The van der Waals surface area contributed by atoms with Gasteiger partial charge in [0.1, 0.15) is 0 Å². The third-order valence-electron chi connectivity index (χ3n) is 2.92. The number of rotatable bonds is 9. The number of nitrogens with zero attached hydrogens (tertiary/aromatic N) is 1. The van der Waals surface area contributed by atoms with E-state index in [1.807, 2.05) is 0 Å². The highest BCUT2D eigenvalue weighted by Gasteiger charge is 2.28. The monoisotopic (exact) mass is 214 g/mol. The van der Waals surface area contributed by atoms with Crippen molar-refractivity contribution in [3.05, 3.63) is 0 Å². The molecule has 0 amide bonds. The third kappa shape index (κ3) is 5.50. The second kappa shape index (κ2) is 7.20. The first-order valence-corrected chi connectivity index (χ1v) is 6.33. The van der Waals surface area contributed by atoms with Crippen LogP contribution < -0.4 is 5.32 Å². The second-order valence-corrected chi connectivity index (χ2v) is 4.76. The summed E-state index contributed by atoms with van der Waals surface area (Å²) in [5, 5.41) is 12.4. The zero-order valence-corrected chi connectivity index (χ0v) is 10.2. The Balaban J connectivity index is 2.12. The van der Waals surface area contributed by atoms with E-state index in [1.54, 1.807) is 0 Å². The maximum absolute atomic E-state index is 8.98. The molecule has 0 aliphatic heterocycles. The molecule has 1 saturated carbocycles. The maximum atomic E-state index is 8.98. The summed E-state index contributed by atoms with van der Waals surface area (Å²) in [6.07, 6.45) is 3.86. The van der Waals surface area contributed by atoms with Crippen LogP contribution >= 0.6 is 0 Å². The Kier molecular flexibility index (Phi) is 6.22. The summed E-state index contributed by atoms with van der Waals surface area (Å²) in [4.78, 5) is 2.44. The van der Waals surface area contributed by atoms with Crippen LogP contribution in [0.15, 0.2) is 0 Å². The third-order valence-corrected chi connectivity index (χ3v) is 2.92. The Labute approximate surface area is 93.9 Å². The summed E-state index contributed by atoms with van der Waals surface area (Å²) in [5.74, 6) is 0.684. The Morgan fingerprint density at radius 2 is 2.20 bits per heavy atom. The number of aliphatic hydroxyl groups is 1. The van der Waals surface area contributed by atoms with Crippen molar-refractivity contribution in [2.24, 2.45) is 5.92 Å². The minimum atomic E-state index is 0.297. The minimum absolute atomic E-state index is 0.297. The molecule has 1 fully saturated rings. The van der Waals surface area contributed by atoms with Crippen molar-refractivity contribution in [2.45, 2.75) is 39.2 Å². The van der Waals surface area contributed by atoms with E-state index in [9.17, 15) is 0 Å². The van der Waals surface area contributed by atoms with Crippen LogP contribution in [0.25, 0.3) is 0 Å². The molecular formula is C12H26N2O. The highest BCUT2D eigenvalue weighted by Crippen LogP contribution is 2.26. The van der Waals surface area contributed by atoms with E-state index in [-0.39, 0.29) is 0 Å². The molecule has 0 aromatic carbocycles. The van der Waals surface area contributed by atoms with Gasteiger partial charge in [-0.3, -0.25) is 4.90 Å². The van der Waals surface area contributed by atoms with Gasteiger partial charge in [-0.15, -0.1) is 0 Å². The molecule has 15 heavy (non-hydrogen) atoms. The van der Waals surface area contributed by atoms with E-state index in [0.29, 0.717) is 12.5 Å². The molecular weight excluding hydrogens is 188 g/mol. The standard InChI is InChI=1S/C12H26N2O/c1-3-6-13-9-11(2)10-14(7-8-15)12-4-5-12/h11-13,15H,3-10H2,1-2H3. The molecule has 0 spiro atoms. The fourth-order valence-corrected chi connectivity index (χ4v) is 1.98. The van der Waals surface area contributed by atoms with Crippen molar-refractivity contribution < 1.29 is 5.11 Å². The lowest BCUT2D eigenvalue weighted by molar-refractivity contribution is 0.170. The van der Waals surface area contributed by atoms with Crippen molar-refractivity contribution in [1.82, 2.24) is 10.2 Å². The normalized spacial score (nSPS) is 18.4. The van der Waals surface area contributed by atoms with E-state index in [2.05, 4.69) is 24.1 Å². The number of nitrogens with one attached hydrogen (secondary N) is 1. The average molecular weight is 214 g/mol. The molecule has 90 valence electrons. The molecule has 0 aromatic heterocycles. The van der Waals surface area contributed by atoms with E-state index in [1.165, 1.54) is 19.3 Å². The smallest absolute Gasteiger partial charge is 0.0558 e. The average Bonchev–Trinajstić information content (AvgIpc) is 3.01. The maximum Gasteiger partial charge on any atom is 0.0558 e. The van der Waals surface area contributed by atoms with Crippen LogP contribution in [-0.2, 0) is 0 Å². The van der Waals surface area contributed by atoms with Crippen LogP contribution in [0.4, 0.5) is 0 Å². The first-order chi connectivity index (χ1) is 7.27. The SMILES string of the molecule is CCCNCC(C)CN(CCO)C1CC1. The molecule has 0 aromatic rings. The van der Waals surface area contributed by atoms with Crippen molar-refractivity contribution in [3.63, 3.8) is 0 Å². The van der Waals surface area contributed by atoms with E-state index in [4.69, 9.17) is 5.11 Å². The highest BCUT2D eigenvalue weighted by molar-refractivity contribution is 4.85. The number of hydrogen-bond acceptors (Lipinski definition) is 3. The Hall–Kier alpha value is -0.120. The fraction of sp³-hybridized carbons (Fsp3) is 1.00. The van der Waals surface area contributed by atoms with Gasteiger partial charge in [-0.1, -0.05) is 13.8 Å². The molecule has 1 unspecified atom stereocenters. The van der Waals surface area contributed by atoms with Crippen LogP contribution in [-0.4, -0.2) is 48.8 Å². The number of aliphatic hydroxyl groups excluding tert-OH is 1. The van der Waals surface area contributed by atoms with Gasteiger partial charge in [0, 0.05) is 19.1 Å². The first kappa shape index (κ1) is 12.9. The van der Waals surface area contributed by atoms with Gasteiger partial charge in [-0.2, -0.15) is 0 Å². The minimum Gasteiger partial charge on any atom is -0.395 e. The van der Waals surface area contributed by atoms with Crippen molar-refractivity contribution >= 4 is 0 Å². The van der Waals surface area contributed by atoms with Gasteiger partial charge in [-0.25, -0.2) is 0 Å².